The van der Waals surface area contributed by atoms with Crippen molar-refractivity contribution in [1.82, 2.24) is 0 Å². The van der Waals surface area contributed by atoms with E-state index >= 15 is 0 Å². The maximum atomic E-state index is 10.6. The molecule has 74 valence electrons. The van der Waals surface area contributed by atoms with Gasteiger partial charge >= 0.3 is 0 Å². The molecule has 0 aliphatic carbocycles. The zero-order valence-corrected chi connectivity index (χ0v) is 9.35. The van der Waals surface area contributed by atoms with Gasteiger partial charge in [-0.1, -0.05) is 35.4 Å². The van der Waals surface area contributed by atoms with Gasteiger partial charge in [-0.2, -0.15) is 0 Å². The fourth-order valence-corrected chi connectivity index (χ4v) is 1.58. The molecule has 0 bridgehead atoms. The molecule has 1 nitrogen and oxygen atoms in total. The summed E-state index contributed by atoms with van der Waals surface area (Å²) >= 11 is 6.06. The van der Waals surface area contributed by atoms with Crippen LogP contribution in [0.3, 0.4) is 0 Å². The number of allylic oxidation sites excluding steroid dienone is 1. The van der Waals surface area contributed by atoms with Gasteiger partial charge < -0.3 is 0 Å². The normalized spacial score (nSPS) is 12.3. The van der Waals surface area contributed by atoms with Crippen molar-refractivity contribution in [2.45, 2.75) is 20.8 Å². The third-order valence-corrected chi connectivity index (χ3v) is 2.64. The minimum atomic E-state index is 0.539. The third-order valence-electron chi connectivity index (χ3n) is 2.14. The van der Waals surface area contributed by atoms with Gasteiger partial charge in [-0.3, -0.25) is 4.79 Å². The topological polar surface area (TPSA) is 17.1 Å². The largest absolute Gasteiger partial charge is 0.298 e. The lowest BCUT2D eigenvalue weighted by Crippen LogP contribution is -1.89. The Bertz CT molecular complexity index is 391. The summed E-state index contributed by atoms with van der Waals surface area (Å²) in [5.41, 5.74) is 3.79. The van der Waals surface area contributed by atoms with Crippen LogP contribution in [0.5, 0.6) is 0 Å². The molecule has 1 rings (SSSR count). The van der Waals surface area contributed by atoms with Crippen molar-refractivity contribution in [1.29, 1.82) is 0 Å². The minimum absolute atomic E-state index is 0.539. The first-order chi connectivity index (χ1) is 6.56. The summed E-state index contributed by atoms with van der Waals surface area (Å²) in [6.07, 6.45) is 0.779. The Morgan fingerprint density at radius 1 is 1.36 bits per heavy atom. The molecular formula is C12H13ClO. The van der Waals surface area contributed by atoms with Gasteiger partial charge in [0.25, 0.3) is 0 Å². The first-order valence-electron chi connectivity index (χ1n) is 4.45. The third kappa shape index (κ3) is 2.24. The Morgan fingerprint density at radius 2 is 2.00 bits per heavy atom. The van der Waals surface area contributed by atoms with Crippen molar-refractivity contribution in [3.05, 3.63) is 40.5 Å². The average molecular weight is 209 g/mol. The molecule has 0 saturated carbocycles. The van der Waals surface area contributed by atoms with Crippen molar-refractivity contribution in [3.8, 4) is 0 Å². The smallest absolute Gasteiger partial charge is 0.147 e. The van der Waals surface area contributed by atoms with E-state index in [-0.39, 0.29) is 0 Å². The van der Waals surface area contributed by atoms with Gasteiger partial charge in [0.2, 0.25) is 0 Å². The van der Waals surface area contributed by atoms with Gasteiger partial charge in [-0.05, 0) is 31.9 Å². The van der Waals surface area contributed by atoms with Crippen molar-refractivity contribution in [2.24, 2.45) is 0 Å². The lowest BCUT2D eigenvalue weighted by atomic mass is 10.0. The van der Waals surface area contributed by atoms with E-state index < -0.39 is 0 Å². The molecule has 0 aliphatic rings. The molecule has 14 heavy (non-hydrogen) atoms. The SMILES string of the molecule is C/C(C=O)=C(/Cl)c1ccc(C)cc1C. The molecule has 1 aromatic carbocycles. The maximum absolute atomic E-state index is 10.6. The second-order valence-electron chi connectivity index (χ2n) is 3.43. The Labute approximate surface area is 89.4 Å². The van der Waals surface area contributed by atoms with Crippen molar-refractivity contribution >= 4 is 22.9 Å². The van der Waals surface area contributed by atoms with Crippen LogP contribution in [0.2, 0.25) is 0 Å². The van der Waals surface area contributed by atoms with Crippen molar-refractivity contribution < 1.29 is 4.79 Å². The van der Waals surface area contributed by atoms with E-state index in [1.54, 1.807) is 6.92 Å². The second-order valence-corrected chi connectivity index (χ2v) is 3.81. The lowest BCUT2D eigenvalue weighted by Gasteiger charge is -2.06. The van der Waals surface area contributed by atoms with Crippen LogP contribution in [-0.2, 0) is 4.79 Å². The van der Waals surface area contributed by atoms with E-state index in [0.717, 1.165) is 17.4 Å². The van der Waals surface area contributed by atoms with E-state index in [4.69, 9.17) is 11.6 Å². The fourth-order valence-electron chi connectivity index (χ4n) is 1.32. The molecule has 0 aliphatic heterocycles. The van der Waals surface area contributed by atoms with Gasteiger partial charge in [-0.15, -0.1) is 0 Å². The van der Waals surface area contributed by atoms with E-state index in [2.05, 4.69) is 6.07 Å². The lowest BCUT2D eigenvalue weighted by molar-refractivity contribution is -0.104. The summed E-state index contributed by atoms with van der Waals surface area (Å²) in [6.45, 7) is 5.73. The number of aldehydes is 1. The minimum Gasteiger partial charge on any atom is -0.298 e. The first kappa shape index (κ1) is 11.0. The standard InChI is InChI=1S/C12H13ClO/c1-8-4-5-11(9(2)6-8)12(13)10(3)7-14/h4-7H,1-3H3/b12-10-. The number of aryl methyl sites for hydroxylation is 2. The molecule has 0 saturated heterocycles. The maximum Gasteiger partial charge on any atom is 0.147 e. The quantitative estimate of drug-likeness (QED) is 0.537. The van der Waals surface area contributed by atoms with Gasteiger partial charge in [-0.25, -0.2) is 0 Å². The van der Waals surface area contributed by atoms with Crippen LogP contribution < -0.4 is 0 Å². The highest BCUT2D eigenvalue weighted by atomic mass is 35.5. The Balaban J connectivity index is 3.27. The van der Waals surface area contributed by atoms with E-state index in [1.165, 1.54) is 5.56 Å². The zero-order chi connectivity index (χ0) is 10.7. The molecule has 0 N–H and O–H groups in total. The molecule has 2 heteroatoms. The summed E-state index contributed by atoms with van der Waals surface area (Å²) in [5, 5.41) is 0.539. The number of carbonyl (C=O) groups is 1. The van der Waals surface area contributed by atoms with Gasteiger partial charge in [0.1, 0.15) is 6.29 Å². The zero-order valence-electron chi connectivity index (χ0n) is 8.60. The van der Waals surface area contributed by atoms with Crippen LogP contribution >= 0.6 is 11.6 Å². The molecule has 1 aromatic rings. The number of hydrogen-bond acceptors (Lipinski definition) is 1. The molecule has 0 amide bonds. The molecule has 0 unspecified atom stereocenters. The fraction of sp³-hybridized carbons (Fsp3) is 0.250. The summed E-state index contributed by atoms with van der Waals surface area (Å²) in [7, 11) is 0. The van der Waals surface area contributed by atoms with Crippen molar-refractivity contribution in [2.75, 3.05) is 0 Å². The molecule has 0 heterocycles. The Hall–Kier alpha value is -1.08. The molecule has 0 radical (unpaired) electrons. The Morgan fingerprint density at radius 3 is 2.50 bits per heavy atom. The highest BCUT2D eigenvalue weighted by Gasteiger charge is 2.05. The van der Waals surface area contributed by atoms with E-state index in [1.807, 2.05) is 26.0 Å². The average Bonchev–Trinajstić information content (AvgIpc) is 2.15. The molecule has 0 spiro atoms. The molecule has 0 aromatic heterocycles. The molecule has 0 atom stereocenters. The molecular weight excluding hydrogens is 196 g/mol. The predicted octanol–water partition coefficient (Wildman–Crippen LogP) is 3.47. The van der Waals surface area contributed by atoms with Gasteiger partial charge in [0.05, 0.1) is 5.03 Å². The van der Waals surface area contributed by atoms with Crippen LogP contribution in [0.1, 0.15) is 23.6 Å². The Kier molecular flexibility index (Phi) is 3.48. The predicted molar refractivity (Wildman–Crippen MR) is 60.4 cm³/mol. The van der Waals surface area contributed by atoms with Gasteiger partial charge in [0.15, 0.2) is 0 Å². The van der Waals surface area contributed by atoms with Crippen LogP contribution in [0.4, 0.5) is 0 Å². The highest BCUT2D eigenvalue weighted by Crippen LogP contribution is 2.25. The van der Waals surface area contributed by atoms with Crippen LogP contribution in [0, 0.1) is 13.8 Å². The van der Waals surface area contributed by atoms with E-state index in [0.29, 0.717) is 10.6 Å². The summed E-state index contributed by atoms with van der Waals surface area (Å²) in [5.74, 6) is 0. The number of benzene rings is 1. The van der Waals surface area contributed by atoms with Crippen LogP contribution in [0.25, 0.3) is 5.03 Å². The monoisotopic (exact) mass is 208 g/mol. The number of carbonyl (C=O) groups excluding carboxylic acids is 1. The number of rotatable bonds is 2. The summed E-state index contributed by atoms with van der Waals surface area (Å²) in [6, 6.07) is 5.98. The van der Waals surface area contributed by atoms with Crippen LogP contribution in [0.15, 0.2) is 23.8 Å². The van der Waals surface area contributed by atoms with Gasteiger partial charge in [0, 0.05) is 5.57 Å². The van der Waals surface area contributed by atoms with E-state index in [9.17, 15) is 4.79 Å². The van der Waals surface area contributed by atoms with Crippen molar-refractivity contribution in [3.63, 3.8) is 0 Å². The summed E-state index contributed by atoms with van der Waals surface area (Å²) in [4.78, 5) is 10.6. The second kappa shape index (κ2) is 4.43. The first-order valence-corrected chi connectivity index (χ1v) is 4.83. The summed E-state index contributed by atoms with van der Waals surface area (Å²) < 4.78 is 0. The number of hydrogen-bond donors (Lipinski definition) is 0. The number of halogens is 1. The highest BCUT2D eigenvalue weighted by molar-refractivity contribution is 6.50. The molecule has 0 fully saturated rings. The van der Waals surface area contributed by atoms with Crippen LogP contribution in [-0.4, -0.2) is 6.29 Å².